The lowest BCUT2D eigenvalue weighted by atomic mass is 10.2. The van der Waals surface area contributed by atoms with Crippen molar-refractivity contribution < 1.29 is 35.8 Å². The molecule has 0 spiro atoms. The molecule has 1 aliphatic rings. The van der Waals surface area contributed by atoms with E-state index in [1.54, 1.807) is 12.1 Å². The van der Waals surface area contributed by atoms with E-state index in [0.717, 1.165) is 28.9 Å². The minimum Gasteiger partial charge on any atom is -0.491 e. The average molecular weight is 520 g/mol. The molecule has 1 aromatic carbocycles. The summed E-state index contributed by atoms with van der Waals surface area (Å²) in [7, 11) is -3.32. The monoisotopic (exact) mass is 519 g/mol. The number of aromatic nitrogens is 6. The van der Waals surface area contributed by atoms with Crippen molar-refractivity contribution in [2.24, 2.45) is 0 Å². The first-order valence-corrected chi connectivity index (χ1v) is 10.7. The van der Waals surface area contributed by atoms with Crippen molar-refractivity contribution in [1.29, 1.82) is 0 Å². The van der Waals surface area contributed by atoms with Gasteiger partial charge < -0.3 is 24.5 Å². The summed E-state index contributed by atoms with van der Waals surface area (Å²) in [5.74, 6) is -0.154. The van der Waals surface area contributed by atoms with E-state index < -0.39 is 70.7 Å². The number of hydrogen-bond acceptors (Lipinski definition) is 10. The van der Waals surface area contributed by atoms with Gasteiger partial charge in [0.25, 0.3) is 0 Å². The number of rotatable bonds is 9. The lowest BCUT2D eigenvalue weighted by Crippen LogP contribution is -2.47. The smallest absolute Gasteiger partial charge is 0.225 e. The van der Waals surface area contributed by atoms with Crippen molar-refractivity contribution in [3.63, 3.8) is 0 Å². The van der Waals surface area contributed by atoms with Crippen molar-refractivity contribution >= 4 is 28.3 Å². The highest BCUT2D eigenvalue weighted by atomic mass is 16.5. The van der Waals surface area contributed by atoms with E-state index in [1.165, 1.54) is 10.8 Å². The zero-order valence-corrected chi connectivity index (χ0v) is 18.8. The fourth-order valence-corrected chi connectivity index (χ4v) is 3.53. The molecule has 1 aliphatic heterocycles. The Morgan fingerprint density at radius 2 is 1.97 bits per heavy atom. The Labute approximate surface area is 235 Å². The molecule has 0 radical (unpaired) electrons. The van der Waals surface area contributed by atoms with Crippen LogP contribution in [0.4, 0.5) is 11.6 Å². The highest BCUT2D eigenvalue weighted by molar-refractivity contribution is 5.90. The van der Waals surface area contributed by atoms with Crippen molar-refractivity contribution in [2.45, 2.75) is 6.54 Å². The Bertz CT molecular complexity index is 2120. The Balaban J connectivity index is 1.29. The number of anilines is 2. The van der Waals surface area contributed by atoms with Crippen LogP contribution in [0.25, 0.3) is 28.3 Å². The number of nitrogens with zero attached hydrogens (tertiary/aromatic N) is 8. The van der Waals surface area contributed by atoms with Crippen LogP contribution < -0.4 is 15.4 Å². The SMILES string of the molecule is [2H]c1nn(CCN2C([2H])([2H])C([2H])([2H])N(c3ccc(OC([2H])([2H])C([2H])([2H])OC([2H])([2H])[2H])cc3)C([2H])([2H])C2([2H])[2H])c2nc(N)n3nc(-c4ccco4)nc3c12. The normalized spacial score (nSPS) is 27.6. The van der Waals surface area contributed by atoms with E-state index in [-0.39, 0.29) is 39.5 Å². The molecule has 12 nitrogen and oxygen atoms in total. The van der Waals surface area contributed by atoms with Gasteiger partial charge in [0, 0.05) is 50.7 Å². The van der Waals surface area contributed by atoms with Crippen molar-refractivity contribution in [3.8, 4) is 17.3 Å². The van der Waals surface area contributed by atoms with Gasteiger partial charge in [-0.05, 0) is 36.4 Å². The minimum absolute atomic E-state index is 0.00564. The van der Waals surface area contributed by atoms with Crippen LogP contribution in [0.3, 0.4) is 0 Å². The zero-order chi connectivity index (χ0) is 39.3. The van der Waals surface area contributed by atoms with Gasteiger partial charge in [-0.3, -0.25) is 4.90 Å². The number of piperazine rings is 1. The largest absolute Gasteiger partial charge is 0.491 e. The van der Waals surface area contributed by atoms with Gasteiger partial charge in [0.1, 0.15) is 12.3 Å². The molecule has 5 heterocycles. The van der Waals surface area contributed by atoms with Crippen LogP contribution in [0.2, 0.25) is 0 Å². The third-order valence-corrected chi connectivity index (χ3v) is 5.25. The molecule has 0 unspecified atom stereocenters. The first-order chi connectivity index (χ1) is 24.2. The Kier molecular flexibility index (Phi) is 3.13. The van der Waals surface area contributed by atoms with Crippen LogP contribution in [0, 0.1) is 0 Å². The van der Waals surface area contributed by atoms with Crippen molar-refractivity contribution in [3.05, 3.63) is 48.8 Å². The van der Waals surface area contributed by atoms with Crippen LogP contribution in [0.15, 0.2) is 53.3 Å². The summed E-state index contributed by atoms with van der Waals surface area (Å²) >= 11 is 0. The van der Waals surface area contributed by atoms with Gasteiger partial charge in [0.05, 0.1) is 47.4 Å². The number of fused-ring (bicyclic) bond motifs is 3. The summed E-state index contributed by atoms with van der Waals surface area (Å²) in [5, 5.41) is 8.48. The van der Waals surface area contributed by atoms with Gasteiger partial charge in [-0.25, -0.2) is 9.67 Å². The molecule has 0 atom stereocenters. The summed E-state index contributed by atoms with van der Waals surface area (Å²) in [6.07, 6.45) is 1.08. The summed E-state index contributed by atoms with van der Waals surface area (Å²) in [4.78, 5) is 9.27. The molecule has 6 rings (SSSR count). The van der Waals surface area contributed by atoms with Crippen LogP contribution in [-0.4, -0.2) is 87.0 Å². The number of nitrogen functional groups attached to an aromatic ring is 1. The van der Waals surface area contributed by atoms with Crippen molar-refractivity contribution in [1.82, 2.24) is 34.3 Å². The second-order valence-corrected chi connectivity index (χ2v) is 7.49. The maximum atomic E-state index is 8.81. The van der Waals surface area contributed by atoms with Crippen LogP contribution in [0.1, 0.15) is 21.9 Å². The highest BCUT2D eigenvalue weighted by Gasteiger charge is 2.20. The van der Waals surface area contributed by atoms with Crippen LogP contribution in [0.5, 0.6) is 5.75 Å². The van der Waals surface area contributed by atoms with Gasteiger partial charge in [-0.1, -0.05) is 0 Å². The van der Waals surface area contributed by atoms with E-state index in [2.05, 4.69) is 24.9 Å². The first kappa shape index (κ1) is 11.5. The fraction of sp³-hybridized carbons (Fsp3) is 0.360. The predicted octanol–water partition coefficient (Wildman–Crippen LogP) is 2.16. The molecule has 0 amide bonds. The zero-order valence-electron chi connectivity index (χ0n) is 34.8. The van der Waals surface area contributed by atoms with Gasteiger partial charge in [-0.15, -0.1) is 5.10 Å². The second kappa shape index (κ2) is 10.1. The number of methoxy groups -OCH3 is 1. The Morgan fingerprint density at radius 1 is 1.11 bits per heavy atom. The number of furan rings is 1. The average Bonchev–Trinajstić information content (AvgIpc) is 3.75. The first-order valence-electron chi connectivity index (χ1n) is 18.7. The molecule has 0 bridgehead atoms. The number of nitrogens with two attached hydrogens (primary N) is 1. The summed E-state index contributed by atoms with van der Waals surface area (Å²) in [5.41, 5.74) is 5.80. The standard InChI is InChI=1S/C25H29N9O3/c1-35-15-16-36-19-6-4-18(5-7-19)32-11-8-31(9-12-32)10-13-33-23-20(17-27-33)24-28-22(21-3-2-14-37-21)30-34(24)25(26)29-23/h2-7,14,17H,8-13,15-16H2,1H3,(H2,26,29)/i1D3,8D2,9D2,11D2,12D2,15D2,16D2,17D. The van der Waals surface area contributed by atoms with Crippen LogP contribution in [-0.2, 0) is 11.3 Å². The molecule has 0 aliphatic carbocycles. The summed E-state index contributed by atoms with van der Waals surface area (Å²) in [6, 6.07) is 7.06. The van der Waals surface area contributed by atoms with Gasteiger partial charge >= 0.3 is 0 Å². The molecule has 12 heteroatoms. The fourth-order valence-electron chi connectivity index (χ4n) is 3.53. The van der Waals surface area contributed by atoms with E-state index in [9.17, 15) is 0 Å². The molecule has 2 N–H and O–H groups in total. The lowest BCUT2D eigenvalue weighted by molar-refractivity contribution is 0.146. The number of ether oxygens (including phenoxy) is 2. The Morgan fingerprint density at radius 3 is 2.76 bits per heavy atom. The summed E-state index contributed by atoms with van der Waals surface area (Å²) < 4.78 is 148. The Hall–Kier alpha value is -4.16. The van der Waals surface area contributed by atoms with Gasteiger partial charge in [0.15, 0.2) is 17.1 Å². The predicted molar refractivity (Wildman–Crippen MR) is 139 cm³/mol. The molecular weight excluding hydrogens is 474 g/mol. The minimum atomic E-state index is -3.48. The quantitative estimate of drug-likeness (QED) is 0.310. The maximum absolute atomic E-state index is 8.81. The molecule has 0 saturated carbocycles. The number of hydrogen-bond donors (Lipinski definition) is 1. The second-order valence-electron chi connectivity index (χ2n) is 7.49. The highest BCUT2D eigenvalue weighted by Crippen LogP contribution is 2.24. The summed E-state index contributed by atoms with van der Waals surface area (Å²) in [6.45, 7) is -21.1. The van der Waals surface area contributed by atoms with E-state index >= 15 is 0 Å². The van der Waals surface area contributed by atoms with Gasteiger partial charge in [-0.2, -0.15) is 14.6 Å². The maximum Gasteiger partial charge on any atom is 0.225 e. The molecule has 5 aromatic rings. The molecule has 37 heavy (non-hydrogen) atoms. The van der Waals surface area contributed by atoms with E-state index in [1.807, 2.05) is 0 Å². The molecule has 1 fully saturated rings. The number of benzene rings is 1. The topological polar surface area (TPSA) is 125 Å². The third-order valence-electron chi connectivity index (χ3n) is 5.25. The van der Waals surface area contributed by atoms with E-state index in [0.29, 0.717) is 10.7 Å². The molecule has 1 saturated heterocycles. The molecule has 192 valence electrons. The van der Waals surface area contributed by atoms with E-state index in [4.69, 9.17) is 36.8 Å². The van der Waals surface area contributed by atoms with Crippen LogP contribution >= 0.6 is 0 Å². The molecule has 4 aromatic heterocycles. The van der Waals surface area contributed by atoms with Crippen molar-refractivity contribution in [2.75, 3.05) is 63.3 Å². The molecular formula is C25H29N9O3. The lowest BCUT2D eigenvalue weighted by Gasteiger charge is -2.36. The van der Waals surface area contributed by atoms with Gasteiger partial charge in [0.2, 0.25) is 11.8 Å². The third kappa shape index (κ3) is 4.68.